The van der Waals surface area contributed by atoms with Gasteiger partial charge in [0.25, 0.3) is 0 Å². The molecule has 0 heterocycles. The first-order valence-electron chi connectivity index (χ1n) is 3.85. The molecule has 1 aromatic rings. The zero-order chi connectivity index (χ0) is 12.6. The molecule has 0 bridgehead atoms. The number of alkyl halides is 3. The first-order chi connectivity index (χ1) is 7.11. The van der Waals surface area contributed by atoms with E-state index in [-0.39, 0.29) is 51.4 Å². The summed E-state index contributed by atoms with van der Waals surface area (Å²) in [4.78, 5) is 0. The van der Waals surface area contributed by atoms with Crippen LogP contribution in [0.2, 0.25) is 0 Å². The Labute approximate surface area is 134 Å². The molecule has 0 spiro atoms. The first kappa shape index (κ1) is 17.2. The van der Waals surface area contributed by atoms with Gasteiger partial charge in [-0.25, -0.2) is 4.39 Å². The summed E-state index contributed by atoms with van der Waals surface area (Å²) in [5, 5.41) is 0. The van der Waals surface area contributed by atoms with Crippen molar-refractivity contribution in [3.05, 3.63) is 24.0 Å². The molecule has 0 atom stereocenters. The summed E-state index contributed by atoms with van der Waals surface area (Å²) in [5.41, 5.74) is -1.75. The Morgan fingerprint density at radius 1 is 1.06 bits per heavy atom. The number of ether oxygens (including phenoxy) is 1. The number of hydrogen-bond donors (Lipinski definition) is 0. The van der Waals surface area contributed by atoms with E-state index in [4.69, 9.17) is 0 Å². The Morgan fingerprint density at radius 3 is 2.00 bits per heavy atom. The van der Waals surface area contributed by atoms with Gasteiger partial charge in [-0.3, -0.25) is 0 Å². The van der Waals surface area contributed by atoms with Crippen LogP contribution in [-0.2, 0) is 0 Å². The van der Waals surface area contributed by atoms with Crippen molar-refractivity contribution in [2.45, 2.75) is 6.36 Å². The summed E-state index contributed by atoms with van der Waals surface area (Å²) in [6.45, 7) is -5.72. The van der Waals surface area contributed by atoms with E-state index in [2.05, 4.69) is 4.74 Å². The van der Waals surface area contributed by atoms with Crippen molar-refractivity contribution in [2.24, 2.45) is 0 Å². The molecule has 0 fully saturated rings. The average molecular weight is 286 g/mol. The molecular weight excluding hydrogens is 283 g/mol. The molecule has 0 saturated heterocycles. The molecule has 1 rings (SSSR count). The molecule has 1 nitrogen and oxygen atoms in total. The van der Waals surface area contributed by atoms with Crippen LogP contribution >= 0.6 is 0 Å². The van der Waals surface area contributed by atoms with E-state index in [0.717, 1.165) is 0 Å². The Morgan fingerprint density at radius 2 is 1.59 bits per heavy atom. The molecule has 10 heteroatoms. The van der Waals surface area contributed by atoms with Crippen LogP contribution in [0.15, 0.2) is 18.2 Å². The van der Waals surface area contributed by atoms with Gasteiger partial charge in [-0.05, 0) is 6.07 Å². The third-order valence-electron chi connectivity index (χ3n) is 1.57. The van der Waals surface area contributed by atoms with Crippen molar-refractivity contribution in [1.29, 1.82) is 0 Å². The van der Waals surface area contributed by atoms with Crippen molar-refractivity contribution >= 4 is 12.4 Å². The van der Waals surface area contributed by atoms with E-state index in [1.807, 2.05) is 0 Å². The summed E-state index contributed by atoms with van der Waals surface area (Å²) in [7, 11) is 0. The summed E-state index contributed by atoms with van der Waals surface area (Å²) in [6, 6.07) is 1.45. The number of rotatable bonds is 2. The minimum absolute atomic E-state index is 0. The predicted octanol–water partition coefficient (Wildman–Crippen LogP) is -0.217. The largest absolute Gasteiger partial charge is 1.00 e. The number of benzene rings is 1. The van der Waals surface area contributed by atoms with Gasteiger partial charge in [-0.15, -0.1) is 13.2 Å². The van der Waals surface area contributed by atoms with Crippen LogP contribution in [0.1, 0.15) is 0 Å². The molecule has 17 heavy (non-hydrogen) atoms. The Balaban J connectivity index is 0.00000256. The summed E-state index contributed by atoms with van der Waals surface area (Å²) in [6.07, 6.45) is -5.24. The Bertz CT molecular complexity index is 389. The SMILES string of the molecule is Fc1c(OC(F)(F)F)cccc1[B-](F)(F)F.[K+]. The van der Waals surface area contributed by atoms with Gasteiger partial charge in [0, 0.05) is 0 Å². The van der Waals surface area contributed by atoms with E-state index >= 15 is 0 Å². The van der Waals surface area contributed by atoms with Gasteiger partial charge in [0.1, 0.15) is 5.82 Å². The Kier molecular flexibility index (Phi) is 6.00. The Hall–Kier alpha value is 0.231. The van der Waals surface area contributed by atoms with E-state index in [0.29, 0.717) is 18.2 Å². The second-order valence-corrected chi connectivity index (χ2v) is 2.78. The molecule has 0 radical (unpaired) electrons. The second kappa shape index (κ2) is 5.91. The molecule has 0 saturated carbocycles. The van der Waals surface area contributed by atoms with Crippen LogP contribution in [0.3, 0.4) is 0 Å². The van der Waals surface area contributed by atoms with Crippen LogP contribution in [0.25, 0.3) is 0 Å². The van der Waals surface area contributed by atoms with E-state index in [9.17, 15) is 30.5 Å². The molecule has 1 aromatic carbocycles. The maximum atomic E-state index is 13.0. The smallest absolute Gasteiger partial charge is 0.445 e. The zero-order valence-corrected chi connectivity index (χ0v) is 11.5. The summed E-state index contributed by atoms with van der Waals surface area (Å²) >= 11 is 0. The topological polar surface area (TPSA) is 9.23 Å². The molecule has 0 aliphatic carbocycles. The predicted molar refractivity (Wildman–Crippen MR) is 41.8 cm³/mol. The van der Waals surface area contributed by atoms with Crippen LogP contribution < -0.4 is 61.6 Å². The molecule has 90 valence electrons. The molecule has 0 aromatic heterocycles. The fraction of sp³-hybridized carbons (Fsp3) is 0.143. The maximum Gasteiger partial charge on any atom is 1.00 e. The van der Waals surface area contributed by atoms with Gasteiger partial charge in [0.05, 0.1) is 0 Å². The maximum absolute atomic E-state index is 13.0. The third kappa shape index (κ3) is 5.16. The van der Waals surface area contributed by atoms with Gasteiger partial charge < -0.3 is 17.7 Å². The molecular formula is C7H3BF7KO. The fourth-order valence-electron chi connectivity index (χ4n) is 0.984. The average Bonchev–Trinajstić information content (AvgIpc) is 2.04. The van der Waals surface area contributed by atoms with Gasteiger partial charge in [-0.1, -0.05) is 17.6 Å². The normalized spacial score (nSPS) is 11.9. The van der Waals surface area contributed by atoms with E-state index in [1.165, 1.54) is 0 Å². The molecule has 0 unspecified atom stereocenters. The third-order valence-corrected chi connectivity index (χ3v) is 1.57. The molecule has 0 aliphatic heterocycles. The summed E-state index contributed by atoms with van der Waals surface area (Å²) in [5.74, 6) is -3.56. The van der Waals surface area contributed by atoms with Gasteiger partial charge in [0.2, 0.25) is 0 Å². The van der Waals surface area contributed by atoms with Crippen molar-refractivity contribution in [1.82, 2.24) is 0 Å². The van der Waals surface area contributed by atoms with Crippen molar-refractivity contribution in [2.75, 3.05) is 0 Å². The standard InChI is InChI=1S/C7H3BF7O.K/c9-6-4(8(13,14)15)2-1-3-5(6)16-7(10,11)12;/h1-3H;/q-1;+1. The minimum atomic E-state index is -5.72. The van der Waals surface area contributed by atoms with E-state index < -0.39 is 30.4 Å². The van der Waals surface area contributed by atoms with Crippen LogP contribution in [0.5, 0.6) is 5.75 Å². The number of halogens is 7. The van der Waals surface area contributed by atoms with Gasteiger partial charge >= 0.3 is 64.7 Å². The molecule has 0 amide bonds. The second-order valence-electron chi connectivity index (χ2n) is 2.78. The van der Waals surface area contributed by atoms with Crippen molar-refractivity contribution in [3.8, 4) is 5.75 Å². The minimum Gasteiger partial charge on any atom is -0.445 e. The van der Waals surface area contributed by atoms with Gasteiger partial charge in [-0.2, -0.15) is 0 Å². The summed E-state index contributed by atoms with van der Waals surface area (Å²) < 4.78 is 87.6. The van der Waals surface area contributed by atoms with Crippen LogP contribution in [-0.4, -0.2) is 13.3 Å². The zero-order valence-electron chi connectivity index (χ0n) is 8.36. The van der Waals surface area contributed by atoms with E-state index in [1.54, 1.807) is 0 Å². The molecule has 0 aliphatic rings. The van der Waals surface area contributed by atoms with Gasteiger partial charge in [0.15, 0.2) is 5.75 Å². The first-order valence-corrected chi connectivity index (χ1v) is 3.85. The number of hydrogen-bond acceptors (Lipinski definition) is 1. The fourth-order valence-corrected chi connectivity index (χ4v) is 0.984. The quantitative estimate of drug-likeness (QED) is 0.540. The van der Waals surface area contributed by atoms with Crippen molar-refractivity contribution in [3.63, 3.8) is 0 Å². The molecule has 0 N–H and O–H groups in total. The monoisotopic (exact) mass is 286 g/mol. The van der Waals surface area contributed by atoms with Crippen LogP contribution in [0.4, 0.5) is 30.5 Å². The van der Waals surface area contributed by atoms with Crippen LogP contribution in [0, 0.1) is 5.82 Å². The van der Waals surface area contributed by atoms with Crippen molar-refractivity contribution < 1.29 is 86.6 Å².